The molecule has 0 bridgehead atoms. The molecule has 6 aliphatic carbocycles. The van der Waals surface area contributed by atoms with Crippen LogP contribution in [0.5, 0.6) is 11.5 Å². The van der Waals surface area contributed by atoms with Crippen molar-refractivity contribution in [2.45, 2.75) is 168 Å². The van der Waals surface area contributed by atoms with E-state index >= 15 is 0 Å². The first-order valence-corrected chi connectivity index (χ1v) is 36.8. The number of hydrogen-bond donors (Lipinski definition) is 5. The van der Waals surface area contributed by atoms with Crippen LogP contribution in [0.2, 0.25) is 0 Å². The average Bonchev–Trinajstić information content (AvgIpc) is 1.61. The number of Topliss-reactive ketones (excluding diaryl/α,β-unsaturated/α-hetero) is 3. The Morgan fingerprint density at radius 3 is 1.28 bits per heavy atom. The number of aromatic carboxylic acids is 1. The van der Waals surface area contributed by atoms with Gasteiger partial charge in [0, 0.05) is 106 Å². The van der Waals surface area contributed by atoms with Gasteiger partial charge in [0.15, 0.2) is 17.3 Å². The maximum atomic E-state index is 13.9. The molecule has 17 rings (SSSR count). The summed E-state index contributed by atoms with van der Waals surface area (Å²) in [5.41, 5.74) is 16.4. The molecule has 24 nitrogen and oxygen atoms in total. The number of carboxylic acids is 1. The van der Waals surface area contributed by atoms with Crippen molar-refractivity contribution in [1.29, 1.82) is 0 Å². The van der Waals surface area contributed by atoms with Crippen LogP contribution < -0.4 is 25.8 Å². The first-order valence-electron chi connectivity index (χ1n) is 36.8. The number of ketones is 3. The third-order valence-corrected chi connectivity index (χ3v) is 22.4. The van der Waals surface area contributed by atoms with Crippen LogP contribution >= 0.6 is 0 Å². The number of carboxylic acid groups (broad SMARTS) is 1. The van der Waals surface area contributed by atoms with Crippen LogP contribution in [0.1, 0.15) is 209 Å². The molecule has 106 heavy (non-hydrogen) atoms. The van der Waals surface area contributed by atoms with Crippen LogP contribution in [-0.4, -0.2) is 133 Å². The van der Waals surface area contributed by atoms with Crippen molar-refractivity contribution >= 4 is 67.8 Å². The largest absolute Gasteiger partial charge is 0.497 e. The van der Waals surface area contributed by atoms with Crippen molar-refractivity contribution in [2.75, 3.05) is 33.9 Å². The average molecular weight is 1430 g/mol. The lowest BCUT2D eigenvalue weighted by molar-refractivity contribution is 0.0695. The van der Waals surface area contributed by atoms with Crippen LogP contribution in [0.15, 0.2) is 141 Å². The quantitative estimate of drug-likeness (QED) is 0.0443. The second-order valence-electron chi connectivity index (χ2n) is 31.6. The lowest BCUT2D eigenvalue weighted by Gasteiger charge is -2.35. The number of rotatable bonds is 20. The van der Waals surface area contributed by atoms with Crippen molar-refractivity contribution in [1.82, 2.24) is 69.0 Å². The van der Waals surface area contributed by atoms with Gasteiger partial charge in [0.25, 0.3) is 11.8 Å². The summed E-state index contributed by atoms with van der Waals surface area (Å²) in [7, 11) is 3.30. The number of nitrogens with one attached hydrogen (secondary N) is 3. The summed E-state index contributed by atoms with van der Waals surface area (Å²) >= 11 is 0. The summed E-state index contributed by atoms with van der Waals surface area (Å²) in [6.07, 6.45) is 21.1. The van der Waals surface area contributed by atoms with Gasteiger partial charge in [-0.25, -0.2) is 19.7 Å². The third kappa shape index (κ3) is 14.2. The molecule has 3 spiro atoms. The normalized spacial score (nSPS) is 17.3. The van der Waals surface area contributed by atoms with Crippen LogP contribution in [-0.2, 0) is 49.0 Å². The SMILES string of the molecule is CC1(C)CC2(CC2)c2c([nH]c3ccc(C(=O)NCCCn4cncn4)cc23)C1=O.COc1ccc(Cn2c3c(c4cc(C(=O)NCCCn5cncn5)ccc42)C2(CC2)CC(C)(C)C3=O)cc1.COc1ccc(Cn2c3c(c4cc(C(=O)O)ccc42)C2(CC2)CC(C)(C)C3=O)cc1.NCCCn1cncn1. The molecule has 3 fully saturated rings. The first-order chi connectivity index (χ1) is 50.9. The number of nitrogens with two attached hydrogens (primary N) is 1. The minimum atomic E-state index is -0.944. The van der Waals surface area contributed by atoms with Gasteiger partial charge >= 0.3 is 5.97 Å². The number of hydrogen-bond acceptors (Lipinski definition) is 15. The smallest absolute Gasteiger partial charge is 0.335 e. The van der Waals surface area contributed by atoms with E-state index in [1.807, 2.05) is 119 Å². The fourth-order valence-electron chi connectivity index (χ4n) is 16.9. The molecular formula is C82H93N15O9. The lowest BCUT2D eigenvalue weighted by Crippen LogP contribution is -2.37. The molecule has 0 radical (unpaired) electrons. The number of amides is 2. The van der Waals surface area contributed by atoms with Gasteiger partial charge in [-0.15, -0.1) is 0 Å². The van der Waals surface area contributed by atoms with E-state index in [1.165, 1.54) is 19.0 Å². The van der Waals surface area contributed by atoms with Gasteiger partial charge in [-0.3, -0.25) is 38.0 Å². The number of carbonyl (C=O) groups is 6. The summed E-state index contributed by atoms with van der Waals surface area (Å²) in [5.74, 6) is 0.978. The summed E-state index contributed by atoms with van der Waals surface area (Å²) in [5, 5.41) is 30.6. The maximum absolute atomic E-state index is 13.9. The number of ether oxygens (including phenoxy) is 2. The number of methoxy groups -OCH3 is 2. The molecule has 24 heteroatoms. The van der Waals surface area contributed by atoms with E-state index in [1.54, 1.807) is 59.4 Å². The summed E-state index contributed by atoms with van der Waals surface area (Å²) in [6, 6.07) is 32.7. The number of fused-ring (bicyclic) bond motifs is 12. The Balaban J connectivity index is 0.000000127. The van der Waals surface area contributed by atoms with Crippen LogP contribution in [0, 0.1) is 16.2 Å². The van der Waals surface area contributed by atoms with Gasteiger partial charge in [-0.1, -0.05) is 65.8 Å². The molecule has 6 aliphatic rings. The van der Waals surface area contributed by atoms with Gasteiger partial charge in [0.2, 0.25) is 0 Å². The minimum Gasteiger partial charge on any atom is -0.497 e. The van der Waals surface area contributed by atoms with Gasteiger partial charge in [0.05, 0.1) is 36.9 Å². The molecule has 0 atom stereocenters. The minimum absolute atomic E-state index is 0.00667. The number of nitrogens with zero attached hydrogens (tertiary/aromatic N) is 11. The Bertz CT molecular complexity index is 5120. The van der Waals surface area contributed by atoms with Gasteiger partial charge in [-0.05, 0) is 207 Å². The lowest BCUT2D eigenvalue weighted by atomic mass is 9.68. The number of aryl methyl sites for hydroxylation is 3. The number of carbonyl (C=O) groups excluding carboxylic acids is 5. The van der Waals surface area contributed by atoms with Gasteiger partial charge in [0.1, 0.15) is 49.5 Å². The Kier molecular flexibility index (Phi) is 19.4. The highest BCUT2D eigenvalue weighted by Crippen LogP contribution is 2.64. The molecule has 5 aromatic carbocycles. The van der Waals surface area contributed by atoms with Gasteiger partial charge < -0.3 is 45.1 Å². The van der Waals surface area contributed by atoms with Crippen LogP contribution in [0.25, 0.3) is 32.7 Å². The Hall–Kier alpha value is -10.9. The third-order valence-electron chi connectivity index (χ3n) is 22.4. The maximum Gasteiger partial charge on any atom is 0.335 e. The molecule has 11 aromatic rings. The van der Waals surface area contributed by atoms with E-state index < -0.39 is 16.8 Å². The Labute approximate surface area is 614 Å². The molecule has 3 saturated carbocycles. The van der Waals surface area contributed by atoms with E-state index in [0.717, 1.165) is 173 Å². The molecule has 6 N–H and O–H groups in total. The fourth-order valence-corrected chi connectivity index (χ4v) is 16.9. The van der Waals surface area contributed by atoms with E-state index in [-0.39, 0.29) is 56.4 Å². The predicted molar refractivity (Wildman–Crippen MR) is 402 cm³/mol. The van der Waals surface area contributed by atoms with Crippen molar-refractivity contribution in [3.8, 4) is 11.5 Å². The Morgan fingerprint density at radius 2 is 0.887 bits per heavy atom. The highest BCUT2D eigenvalue weighted by molar-refractivity contribution is 6.12. The number of benzene rings is 5. The fraction of sp³-hybridized carbons (Fsp3) is 0.415. The molecule has 0 unspecified atom stereocenters. The molecule has 2 amide bonds. The zero-order chi connectivity index (χ0) is 74.5. The molecule has 6 aromatic heterocycles. The molecule has 6 heterocycles. The van der Waals surface area contributed by atoms with Crippen molar-refractivity contribution in [3.05, 3.63) is 203 Å². The van der Waals surface area contributed by atoms with Crippen molar-refractivity contribution < 1.29 is 43.3 Å². The van der Waals surface area contributed by atoms with E-state index in [2.05, 4.69) is 68.8 Å². The summed E-state index contributed by atoms with van der Waals surface area (Å²) in [4.78, 5) is 92.9. The summed E-state index contributed by atoms with van der Waals surface area (Å²) in [6.45, 7) is 17.6. The second-order valence-corrected chi connectivity index (χ2v) is 31.6. The highest BCUT2D eigenvalue weighted by atomic mass is 16.5. The first kappa shape index (κ1) is 72.1. The predicted octanol–water partition coefficient (Wildman–Crippen LogP) is 12.6. The van der Waals surface area contributed by atoms with Crippen molar-refractivity contribution in [3.63, 3.8) is 0 Å². The molecular weight excluding hydrogens is 1340 g/mol. The van der Waals surface area contributed by atoms with Crippen LogP contribution in [0.4, 0.5) is 0 Å². The van der Waals surface area contributed by atoms with Gasteiger partial charge in [-0.2, -0.15) is 15.3 Å². The second kappa shape index (κ2) is 28.5. The monoisotopic (exact) mass is 1430 g/mol. The van der Waals surface area contributed by atoms with Crippen LogP contribution in [0.3, 0.4) is 0 Å². The number of H-pyrrole nitrogens is 1. The molecule has 0 saturated heterocycles. The number of aromatic amines is 1. The molecule has 0 aliphatic heterocycles. The Morgan fingerprint density at radius 1 is 0.500 bits per heavy atom. The van der Waals surface area contributed by atoms with E-state index in [4.69, 9.17) is 15.2 Å². The zero-order valence-corrected chi connectivity index (χ0v) is 61.6. The highest BCUT2D eigenvalue weighted by Gasteiger charge is 2.59. The zero-order valence-electron chi connectivity index (χ0n) is 61.6. The van der Waals surface area contributed by atoms with E-state index in [9.17, 15) is 33.9 Å². The van der Waals surface area contributed by atoms with E-state index in [0.29, 0.717) is 56.9 Å². The molecule has 550 valence electrons. The summed E-state index contributed by atoms with van der Waals surface area (Å²) < 4.78 is 20.1. The standard InChI is InChI=1S/C30H33N5O3.C25H25NO4.C22H25N5O2.C5H10N4/c1-29(2)17-30(11-12-30)25-23-15-21(28(37)32-13-4-14-34-19-31-18-33-34)7-10-24(23)35(26(25)27(29)36)16-20-5-8-22(38-3)9-6-20;1-24(2)14-25(10-11-25)20-18-12-16(23(28)29)6-9-19(18)26(21(20)22(24)27)13-15-4-7-17(30-3)8-5-15;1-21(2)11-22(6-7-22)17-15-10-14(4-5-16(15)26-18(17)19(21)28)20(29)24-8-3-9-27-13-23-12-25-27;6-2-1-3-9-5-7-4-8-9/h5-10,15,18-19H,4,11-14,16-17H2,1-3H3,(H,32,37);4-9,12H,10-11,13-14H2,1-3H3,(H,28,29);4-5,10,12-13,26H,3,6-9,11H2,1-2H3,(H,24,29);4-5H,1-3,6H2. The van der Waals surface area contributed by atoms with Crippen molar-refractivity contribution in [2.24, 2.45) is 22.0 Å². The number of aromatic nitrogens is 12. The topological polar surface area (TPSA) is 309 Å².